The number of rotatable bonds is 4. The fraction of sp³-hybridized carbons (Fsp3) is 0.625. The highest BCUT2D eigenvalue weighted by molar-refractivity contribution is 6.31. The number of hydrogen-bond acceptors (Lipinski definition) is 3. The SMILES string of the molecule is Cc1nn(C)c(Cl)c1/C=C/C(=O)NC1CCCCCC1CO. The van der Waals surface area contributed by atoms with E-state index < -0.39 is 0 Å². The predicted octanol–water partition coefficient (Wildman–Crippen LogP) is 2.45. The summed E-state index contributed by atoms with van der Waals surface area (Å²) < 4.78 is 1.58. The molecule has 2 N–H and O–H groups in total. The van der Waals surface area contributed by atoms with Crippen LogP contribution in [0.4, 0.5) is 0 Å². The molecule has 1 aliphatic carbocycles. The van der Waals surface area contributed by atoms with E-state index in [4.69, 9.17) is 11.6 Å². The van der Waals surface area contributed by atoms with Crippen LogP contribution in [0.1, 0.15) is 43.4 Å². The van der Waals surface area contributed by atoms with Gasteiger partial charge in [-0.2, -0.15) is 5.10 Å². The highest BCUT2D eigenvalue weighted by Gasteiger charge is 2.23. The van der Waals surface area contributed by atoms with Gasteiger partial charge in [0.25, 0.3) is 0 Å². The van der Waals surface area contributed by atoms with E-state index in [1.165, 1.54) is 12.5 Å². The van der Waals surface area contributed by atoms with Gasteiger partial charge in [-0.15, -0.1) is 0 Å². The second-order valence-corrected chi connectivity index (χ2v) is 6.30. The molecule has 1 heterocycles. The number of amides is 1. The number of carbonyl (C=O) groups excluding carboxylic acids is 1. The number of nitrogens with one attached hydrogen (secondary N) is 1. The number of halogens is 1. The minimum Gasteiger partial charge on any atom is -0.396 e. The van der Waals surface area contributed by atoms with Gasteiger partial charge in [0, 0.05) is 37.3 Å². The van der Waals surface area contributed by atoms with Crippen LogP contribution in [-0.2, 0) is 11.8 Å². The van der Waals surface area contributed by atoms with Crippen molar-refractivity contribution in [2.24, 2.45) is 13.0 Å². The van der Waals surface area contributed by atoms with Crippen molar-refractivity contribution >= 4 is 23.6 Å². The largest absolute Gasteiger partial charge is 0.396 e. The minimum atomic E-state index is -0.148. The maximum Gasteiger partial charge on any atom is 0.244 e. The fourth-order valence-corrected chi connectivity index (χ4v) is 3.26. The Morgan fingerprint density at radius 1 is 1.45 bits per heavy atom. The number of aliphatic hydroxyl groups excluding tert-OH is 1. The molecule has 1 amide bonds. The standard InChI is InChI=1S/C16H24ClN3O2/c1-11-13(16(17)20(2)19-11)8-9-15(22)18-14-7-5-3-4-6-12(14)10-21/h8-9,12,14,21H,3-7,10H2,1-2H3,(H,18,22)/b9-8+. The summed E-state index contributed by atoms with van der Waals surface area (Å²) in [5.74, 6) is 0.00763. The molecule has 1 fully saturated rings. The van der Waals surface area contributed by atoms with Crippen molar-refractivity contribution in [1.29, 1.82) is 0 Å². The topological polar surface area (TPSA) is 67.2 Å². The summed E-state index contributed by atoms with van der Waals surface area (Å²) in [5.41, 5.74) is 1.55. The first-order valence-electron chi connectivity index (χ1n) is 7.81. The molecule has 0 aliphatic heterocycles. The van der Waals surface area contributed by atoms with Crippen LogP contribution in [-0.4, -0.2) is 33.4 Å². The van der Waals surface area contributed by atoms with Crippen LogP contribution >= 0.6 is 11.6 Å². The molecule has 0 saturated heterocycles. The van der Waals surface area contributed by atoms with Gasteiger partial charge in [0.15, 0.2) is 0 Å². The van der Waals surface area contributed by atoms with Gasteiger partial charge in [-0.3, -0.25) is 9.48 Å². The maximum absolute atomic E-state index is 12.1. The Morgan fingerprint density at radius 3 is 2.82 bits per heavy atom. The average Bonchev–Trinajstić information content (AvgIpc) is 2.67. The van der Waals surface area contributed by atoms with Crippen LogP contribution < -0.4 is 5.32 Å². The number of aliphatic hydroxyl groups is 1. The molecule has 2 unspecified atom stereocenters. The molecule has 0 bridgehead atoms. The Morgan fingerprint density at radius 2 is 2.18 bits per heavy atom. The van der Waals surface area contributed by atoms with Crippen molar-refractivity contribution in [1.82, 2.24) is 15.1 Å². The molecule has 0 aromatic carbocycles. The van der Waals surface area contributed by atoms with Crippen molar-refractivity contribution in [3.63, 3.8) is 0 Å². The summed E-state index contributed by atoms with van der Waals surface area (Å²) in [7, 11) is 1.77. The summed E-state index contributed by atoms with van der Waals surface area (Å²) in [6.07, 6.45) is 8.48. The molecule has 1 aromatic rings. The van der Waals surface area contributed by atoms with E-state index in [0.29, 0.717) is 5.15 Å². The molecule has 0 radical (unpaired) electrons. The third-order valence-electron chi connectivity index (χ3n) is 4.32. The zero-order valence-electron chi connectivity index (χ0n) is 13.2. The summed E-state index contributed by atoms with van der Waals surface area (Å²) >= 11 is 6.14. The molecule has 1 saturated carbocycles. The molecule has 5 nitrogen and oxygen atoms in total. The van der Waals surface area contributed by atoms with Gasteiger partial charge in [0.2, 0.25) is 5.91 Å². The Hall–Kier alpha value is -1.33. The number of hydrogen-bond donors (Lipinski definition) is 2. The molecular formula is C16H24ClN3O2. The van der Waals surface area contributed by atoms with E-state index in [2.05, 4.69) is 10.4 Å². The first-order chi connectivity index (χ1) is 10.5. The molecule has 2 atom stereocenters. The third-order valence-corrected chi connectivity index (χ3v) is 4.77. The van der Waals surface area contributed by atoms with Gasteiger partial charge in [0.05, 0.1) is 5.69 Å². The van der Waals surface area contributed by atoms with E-state index in [1.807, 2.05) is 6.92 Å². The van der Waals surface area contributed by atoms with E-state index in [0.717, 1.165) is 36.9 Å². The van der Waals surface area contributed by atoms with Crippen molar-refractivity contribution in [3.05, 3.63) is 22.5 Å². The number of aromatic nitrogens is 2. The minimum absolute atomic E-state index is 0.0510. The summed E-state index contributed by atoms with van der Waals surface area (Å²) in [6.45, 7) is 1.98. The Kier molecular flexibility index (Phi) is 6.03. The van der Waals surface area contributed by atoms with E-state index in [-0.39, 0.29) is 24.5 Å². The van der Waals surface area contributed by atoms with Gasteiger partial charge < -0.3 is 10.4 Å². The predicted molar refractivity (Wildman–Crippen MR) is 87.6 cm³/mol. The molecule has 1 aromatic heterocycles. The highest BCUT2D eigenvalue weighted by Crippen LogP contribution is 2.23. The zero-order valence-corrected chi connectivity index (χ0v) is 13.9. The van der Waals surface area contributed by atoms with E-state index >= 15 is 0 Å². The first kappa shape index (κ1) is 17.0. The lowest BCUT2D eigenvalue weighted by molar-refractivity contribution is -0.117. The maximum atomic E-state index is 12.1. The highest BCUT2D eigenvalue weighted by atomic mass is 35.5. The number of aryl methyl sites for hydroxylation is 2. The molecule has 122 valence electrons. The third kappa shape index (κ3) is 4.11. The van der Waals surface area contributed by atoms with Gasteiger partial charge >= 0.3 is 0 Å². The molecule has 0 spiro atoms. The normalized spacial score (nSPS) is 22.7. The van der Waals surface area contributed by atoms with Crippen molar-refractivity contribution in [2.75, 3.05) is 6.61 Å². The van der Waals surface area contributed by atoms with Crippen LogP contribution in [0, 0.1) is 12.8 Å². The van der Waals surface area contributed by atoms with Crippen LogP contribution in [0.5, 0.6) is 0 Å². The van der Waals surface area contributed by atoms with Crippen molar-refractivity contribution in [3.8, 4) is 0 Å². The monoisotopic (exact) mass is 325 g/mol. The average molecular weight is 326 g/mol. The smallest absolute Gasteiger partial charge is 0.244 e. The van der Waals surface area contributed by atoms with E-state index in [1.54, 1.807) is 17.8 Å². The molecule has 1 aliphatic rings. The van der Waals surface area contributed by atoms with Gasteiger partial charge in [0.1, 0.15) is 5.15 Å². The summed E-state index contributed by atoms with van der Waals surface area (Å²) in [6, 6.07) is 0.0510. The Labute approximate surface area is 136 Å². The van der Waals surface area contributed by atoms with Gasteiger partial charge in [-0.25, -0.2) is 0 Å². The van der Waals surface area contributed by atoms with E-state index in [9.17, 15) is 9.90 Å². The summed E-state index contributed by atoms with van der Waals surface area (Å²) in [5, 5.41) is 17.2. The van der Waals surface area contributed by atoms with Crippen LogP contribution in [0.2, 0.25) is 5.15 Å². The molecule has 6 heteroatoms. The fourth-order valence-electron chi connectivity index (χ4n) is 3.02. The van der Waals surface area contributed by atoms with Crippen LogP contribution in [0.3, 0.4) is 0 Å². The Bertz CT molecular complexity index is 554. The van der Waals surface area contributed by atoms with Crippen molar-refractivity contribution < 1.29 is 9.90 Å². The van der Waals surface area contributed by atoms with Crippen LogP contribution in [0.15, 0.2) is 6.08 Å². The summed E-state index contributed by atoms with van der Waals surface area (Å²) in [4.78, 5) is 12.1. The lowest BCUT2D eigenvalue weighted by Gasteiger charge is -2.23. The number of carbonyl (C=O) groups is 1. The van der Waals surface area contributed by atoms with Crippen molar-refractivity contribution in [2.45, 2.75) is 45.1 Å². The lowest BCUT2D eigenvalue weighted by atomic mass is 9.95. The molecule has 22 heavy (non-hydrogen) atoms. The first-order valence-corrected chi connectivity index (χ1v) is 8.19. The quantitative estimate of drug-likeness (QED) is 0.660. The zero-order chi connectivity index (χ0) is 16.1. The van der Waals surface area contributed by atoms with Crippen LogP contribution in [0.25, 0.3) is 6.08 Å². The van der Waals surface area contributed by atoms with Gasteiger partial charge in [-0.1, -0.05) is 30.9 Å². The van der Waals surface area contributed by atoms with Gasteiger partial charge in [-0.05, 0) is 25.8 Å². The second kappa shape index (κ2) is 7.79. The lowest BCUT2D eigenvalue weighted by Crippen LogP contribution is -2.40. The Balaban J connectivity index is 2.00. The molecule has 2 rings (SSSR count). The molecular weight excluding hydrogens is 302 g/mol. The second-order valence-electron chi connectivity index (χ2n) is 5.94. The number of nitrogens with zero attached hydrogens (tertiary/aromatic N) is 2.